The maximum absolute atomic E-state index is 4.00. The Bertz CT molecular complexity index is 746. The Morgan fingerprint density at radius 2 is 1.48 bits per heavy atom. The molecule has 0 aromatic heterocycles. The van der Waals surface area contributed by atoms with Gasteiger partial charge >= 0.3 is 0 Å². The number of hydrogen-bond acceptors (Lipinski definition) is 0. The molecular formula is C25H30. The topological polar surface area (TPSA) is 0 Å². The van der Waals surface area contributed by atoms with E-state index in [9.17, 15) is 0 Å². The molecule has 0 heterocycles. The van der Waals surface area contributed by atoms with Gasteiger partial charge in [0.25, 0.3) is 0 Å². The Morgan fingerprint density at radius 1 is 0.880 bits per heavy atom. The summed E-state index contributed by atoms with van der Waals surface area (Å²) in [5.41, 5.74) is 6.37. The van der Waals surface area contributed by atoms with Gasteiger partial charge in [0.15, 0.2) is 0 Å². The second kappa shape index (κ2) is 6.38. The molecule has 6 atom stereocenters. The molecule has 2 fully saturated rings. The molecule has 0 spiro atoms. The zero-order chi connectivity index (χ0) is 17.6. The van der Waals surface area contributed by atoms with Crippen molar-refractivity contribution < 1.29 is 1.43 Å². The zero-order valence-electron chi connectivity index (χ0n) is 15.4. The highest BCUT2D eigenvalue weighted by Gasteiger charge is 2.59. The Kier molecular flexibility index (Phi) is 4.20. The molecule has 1 aromatic carbocycles. The molecule has 6 unspecified atom stereocenters. The van der Waals surface area contributed by atoms with Crippen LogP contribution in [0.15, 0.2) is 53.6 Å². The number of fused-ring (bicyclic) bond motifs is 10. The third kappa shape index (κ3) is 2.44. The molecule has 5 aliphatic rings. The van der Waals surface area contributed by atoms with Gasteiger partial charge in [0.1, 0.15) is 0 Å². The summed E-state index contributed by atoms with van der Waals surface area (Å²) in [6.07, 6.45) is 21.5. The van der Waals surface area contributed by atoms with Crippen LogP contribution in [-0.2, 0) is 6.42 Å². The second-order valence-electron chi connectivity index (χ2n) is 8.22. The summed E-state index contributed by atoms with van der Waals surface area (Å²) in [6.45, 7) is 4.79. The average molecular weight is 332 g/mol. The summed E-state index contributed by atoms with van der Waals surface area (Å²) in [6, 6.07) is 8.49. The molecule has 5 aliphatic carbocycles. The molecule has 0 saturated heterocycles. The van der Waals surface area contributed by atoms with Crippen LogP contribution in [-0.4, -0.2) is 0 Å². The van der Waals surface area contributed by atoms with E-state index in [0.717, 1.165) is 41.9 Å². The molecule has 0 radical (unpaired) electrons. The summed E-state index contributed by atoms with van der Waals surface area (Å²) in [5.74, 6) is 5.98. The maximum Gasteiger partial charge on any atom is 0 e. The van der Waals surface area contributed by atoms with Crippen LogP contribution in [0.4, 0.5) is 0 Å². The molecule has 0 amide bonds. The van der Waals surface area contributed by atoms with Gasteiger partial charge in [0.2, 0.25) is 0 Å². The standard InChI is InChI=1S/C14H18.C9H8.C2H2.H2/c1-7-8(2)12-6-11(7)13-9-3-4-10(5-9)14(12)13;1-2-5-9-7-3-6-8(9)4-1;1-2;/h3-4,9-14H,5-6H2,1-2H3;1-6H,7H2;1-2H;1H/i;;;1+1. The molecule has 0 heteroatoms. The fraction of sp³-hybridized carbons (Fsp3) is 0.440. The minimum absolute atomic E-state index is 0. The fourth-order valence-electron chi connectivity index (χ4n) is 6.33. The largest absolute Gasteiger partial charge is 0.124 e. The monoisotopic (exact) mass is 331 g/mol. The van der Waals surface area contributed by atoms with Gasteiger partial charge in [-0.1, -0.05) is 59.7 Å². The highest BCUT2D eigenvalue weighted by molar-refractivity contribution is 5.59. The van der Waals surface area contributed by atoms with Gasteiger partial charge in [-0.05, 0) is 79.7 Å². The van der Waals surface area contributed by atoms with Crippen LogP contribution in [0.25, 0.3) is 6.08 Å². The molecule has 6 rings (SSSR count). The normalized spacial score (nSPS) is 37.3. The van der Waals surface area contributed by atoms with Crippen LogP contribution in [0.2, 0.25) is 0 Å². The highest BCUT2D eigenvalue weighted by atomic mass is 14.6. The summed E-state index contributed by atoms with van der Waals surface area (Å²) in [7, 11) is 0. The maximum atomic E-state index is 4.00. The molecule has 0 aliphatic heterocycles. The highest BCUT2D eigenvalue weighted by Crippen LogP contribution is 2.66. The van der Waals surface area contributed by atoms with Crippen LogP contribution >= 0.6 is 0 Å². The first-order valence-electron chi connectivity index (χ1n) is 9.67. The molecule has 130 valence electrons. The molecule has 0 N–H and O–H groups in total. The Morgan fingerprint density at radius 3 is 2.08 bits per heavy atom. The number of benzene rings is 1. The summed E-state index contributed by atoms with van der Waals surface area (Å²) in [4.78, 5) is 0. The summed E-state index contributed by atoms with van der Waals surface area (Å²) in [5, 5.41) is 0. The van der Waals surface area contributed by atoms with Crippen molar-refractivity contribution in [2.75, 3.05) is 0 Å². The van der Waals surface area contributed by atoms with Crippen molar-refractivity contribution in [3.63, 3.8) is 0 Å². The molecule has 4 bridgehead atoms. The van der Waals surface area contributed by atoms with E-state index < -0.39 is 0 Å². The van der Waals surface area contributed by atoms with Crippen LogP contribution < -0.4 is 0 Å². The van der Waals surface area contributed by atoms with E-state index in [4.69, 9.17) is 0 Å². The molecule has 2 saturated carbocycles. The van der Waals surface area contributed by atoms with Crippen molar-refractivity contribution in [3.05, 3.63) is 64.8 Å². The summed E-state index contributed by atoms with van der Waals surface area (Å²) < 4.78 is 0. The lowest BCUT2D eigenvalue weighted by Crippen LogP contribution is -2.26. The lowest BCUT2D eigenvalue weighted by Gasteiger charge is -2.33. The fourth-order valence-corrected chi connectivity index (χ4v) is 6.33. The molecular weight excluding hydrogens is 300 g/mol. The predicted octanol–water partition coefficient (Wildman–Crippen LogP) is 6.16. The van der Waals surface area contributed by atoms with E-state index in [2.05, 4.69) is 75.3 Å². The third-order valence-electron chi connectivity index (χ3n) is 7.44. The molecule has 0 nitrogen and oxygen atoms in total. The van der Waals surface area contributed by atoms with Gasteiger partial charge in [-0.15, -0.1) is 12.8 Å². The first-order valence-corrected chi connectivity index (χ1v) is 9.67. The summed E-state index contributed by atoms with van der Waals surface area (Å²) >= 11 is 0. The minimum atomic E-state index is 0. The minimum Gasteiger partial charge on any atom is -0.124 e. The first-order chi connectivity index (χ1) is 12.2. The van der Waals surface area contributed by atoms with E-state index >= 15 is 0 Å². The van der Waals surface area contributed by atoms with Gasteiger partial charge in [-0.3, -0.25) is 0 Å². The van der Waals surface area contributed by atoms with Gasteiger partial charge < -0.3 is 0 Å². The van der Waals surface area contributed by atoms with E-state index in [1.165, 1.54) is 24.0 Å². The van der Waals surface area contributed by atoms with Gasteiger partial charge in [0, 0.05) is 1.43 Å². The first kappa shape index (κ1) is 16.5. The van der Waals surface area contributed by atoms with E-state index in [1.807, 2.05) is 0 Å². The SMILES string of the molecule is C#C.C1=Cc2ccccc2C1.CC1=C(C)C2CC1C1C3C=CC(C3)C21.[2HH]. The van der Waals surface area contributed by atoms with Crippen LogP contribution in [0.1, 0.15) is 39.2 Å². The number of terminal acetylenes is 1. The molecule has 25 heavy (non-hydrogen) atoms. The lowest BCUT2D eigenvalue weighted by molar-refractivity contribution is 0.273. The Balaban J connectivity index is 0.000000143. The number of allylic oxidation sites excluding steroid dienone is 5. The van der Waals surface area contributed by atoms with Crippen molar-refractivity contribution >= 4 is 6.08 Å². The number of hydrogen-bond donors (Lipinski definition) is 0. The van der Waals surface area contributed by atoms with Crippen molar-refractivity contribution in [2.45, 2.75) is 33.1 Å². The third-order valence-corrected chi connectivity index (χ3v) is 7.44. The number of rotatable bonds is 0. The zero-order valence-corrected chi connectivity index (χ0v) is 15.4. The smallest absolute Gasteiger partial charge is 0 e. The second-order valence-corrected chi connectivity index (χ2v) is 8.22. The van der Waals surface area contributed by atoms with Gasteiger partial charge in [-0.25, -0.2) is 0 Å². The van der Waals surface area contributed by atoms with Crippen LogP contribution in [0, 0.1) is 48.4 Å². The van der Waals surface area contributed by atoms with Crippen molar-refractivity contribution in [1.29, 1.82) is 0 Å². The predicted molar refractivity (Wildman–Crippen MR) is 109 cm³/mol. The average Bonchev–Trinajstić information content (AvgIpc) is 3.45. The van der Waals surface area contributed by atoms with Crippen molar-refractivity contribution in [3.8, 4) is 12.8 Å². The van der Waals surface area contributed by atoms with E-state index in [-0.39, 0.29) is 1.43 Å². The van der Waals surface area contributed by atoms with Gasteiger partial charge in [-0.2, -0.15) is 0 Å². The van der Waals surface area contributed by atoms with Crippen LogP contribution in [0.5, 0.6) is 0 Å². The van der Waals surface area contributed by atoms with Crippen molar-refractivity contribution in [1.82, 2.24) is 0 Å². The van der Waals surface area contributed by atoms with Crippen LogP contribution in [0.3, 0.4) is 0 Å². The van der Waals surface area contributed by atoms with Gasteiger partial charge in [0.05, 0.1) is 0 Å². The molecule has 1 aromatic rings. The Hall–Kier alpha value is -2.00. The Labute approximate surface area is 154 Å². The van der Waals surface area contributed by atoms with E-state index in [1.54, 1.807) is 11.1 Å². The quantitative estimate of drug-likeness (QED) is 0.303. The van der Waals surface area contributed by atoms with Crippen molar-refractivity contribution in [2.24, 2.45) is 35.5 Å². The van der Waals surface area contributed by atoms with E-state index in [0.29, 0.717) is 0 Å². The lowest BCUT2D eigenvalue weighted by atomic mass is 9.71.